The van der Waals surface area contributed by atoms with Crippen LogP contribution in [0.15, 0.2) is 18.2 Å². The normalized spacial score (nSPS) is 16.6. The highest BCUT2D eigenvalue weighted by Crippen LogP contribution is 2.27. The zero-order chi connectivity index (χ0) is 14.0. The van der Waals surface area contributed by atoms with Crippen LogP contribution in [0.5, 0.6) is 0 Å². The topological polar surface area (TPSA) is 75.4 Å². The SMILES string of the molecule is Cc1cc(NC(=O)[C@H](C)N)ccc1N1CCCC1=O. The van der Waals surface area contributed by atoms with Crippen LogP contribution in [-0.2, 0) is 9.59 Å². The first-order chi connectivity index (χ1) is 8.99. The molecule has 0 aromatic heterocycles. The zero-order valence-corrected chi connectivity index (χ0v) is 11.3. The monoisotopic (exact) mass is 261 g/mol. The molecule has 1 atom stereocenters. The van der Waals surface area contributed by atoms with Crippen molar-refractivity contribution in [2.24, 2.45) is 5.73 Å². The summed E-state index contributed by atoms with van der Waals surface area (Å²) in [6.45, 7) is 4.34. The second-order valence-corrected chi connectivity index (χ2v) is 4.93. The van der Waals surface area contributed by atoms with E-state index in [-0.39, 0.29) is 11.8 Å². The van der Waals surface area contributed by atoms with Crippen molar-refractivity contribution in [1.82, 2.24) is 0 Å². The lowest BCUT2D eigenvalue weighted by molar-refractivity contribution is -0.117. The van der Waals surface area contributed by atoms with Gasteiger partial charge in [0.25, 0.3) is 0 Å². The van der Waals surface area contributed by atoms with Crippen molar-refractivity contribution >= 4 is 23.2 Å². The third kappa shape index (κ3) is 2.93. The van der Waals surface area contributed by atoms with E-state index in [2.05, 4.69) is 5.32 Å². The first-order valence-corrected chi connectivity index (χ1v) is 6.46. The maximum absolute atomic E-state index is 11.7. The van der Waals surface area contributed by atoms with Gasteiger partial charge in [-0.15, -0.1) is 0 Å². The molecule has 0 bridgehead atoms. The molecule has 102 valence electrons. The second kappa shape index (κ2) is 5.40. The van der Waals surface area contributed by atoms with Gasteiger partial charge in [0.05, 0.1) is 6.04 Å². The molecule has 3 N–H and O–H groups in total. The first-order valence-electron chi connectivity index (χ1n) is 6.46. The number of carbonyl (C=O) groups is 2. The van der Waals surface area contributed by atoms with Crippen molar-refractivity contribution in [2.75, 3.05) is 16.8 Å². The lowest BCUT2D eigenvalue weighted by atomic mass is 10.1. The Hall–Kier alpha value is -1.88. The molecule has 1 aromatic rings. The van der Waals surface area contributed by atoms with Crippen LogP contribution >= 0.6 is 0 Å². The molecule has 1 heterocycles. The average molecular weight is 261 g/mol. The van der Waals surface area contributed by atoms with Crippen LogP contribution in [0.25, 0.3) is 0 Å². The number of nitrogens with zero attached hydrogens (tertiary/aromatic N) is 1. The Morgan fingerprint density at radius 1 is 1.47 bits per heavy atom. The summed E-state index contributed by atoms with van der Waals surface area (Å²) in [5.74, 6) is -0.0557. The Labute approximate surface area is 112 Å². The molecule has 1 saturated heterocycles. The largest absolute Gasteiger partial charge is 0.325 e. The Morgan fingerprint density at radius 3 is 2.74 bits per heavy atom. The summed E-state index contributed by atoms with van der Waals surface area (Å²) in [6, 6.07) is 4.99. The third-order valence-electron chi connectivity index (χ3n) is 3.24. The van der Waals surface area contributed by atoms with E-state index in [9.17, 15) is 9.59 Å². The molecule has 0 unspecified atom stereocenters. The van der Waals surface area contributed by atoms with Gasteiger partial charge in [0, 0.05) is 24.3 Å². The van der Waals surface area contributed by atoms with E-state index in [4.69, 9.17) is 5.73 Å². The number of hydrogen-bond donors (Lipinski definition) is 2. The number of nitrogens with two attached hydrogens (primary N) is 1. The van der Waals surface area contributed by atoms with Crippen molar-refractivity contribution in [3.63, 3.8) is 0 Å². The van der Waals surface area contributed by atoms with Gasteiger partial charge < -0.3 is 16.0 Å². The minimum atomic E-state index is -0.542. The van der Waals surface area contributed by atoms with Crippen molar-refractivity contribution < 1.29 is 9.59 Å². The maximum Gasteiger partial charge on any atom is 0.240 e. The van der Waals surface area contributed by atoms with E-state index in [1.165, 1.54) is 0 Å². The van der Waals surface area contributed by atoms with E-state index in [1.54, 1.807) is 17.9 Å². The summed E-state index contributed by atoms with van der Waals surface area (Å²) in [6.07, 6.45) is 1.52. The summed E-state index contributed by atoms with van der Waals surface area (Å²) in [5, 5.41) is 2.74. The lowest BCUT2D eigenvalue weighted by Crippen LogP contribution is -2.32. The fourth-order valence-corrected chi connectivity index (χ4v) is 2.20. The average Bonchev–Trinajstić information content (AvgIpc) is 2.75. The first kappa shape index (κ1) is 13.5. The molecule has 0 radical (unpaired) electrons. The molecule has 1 aromatic carbocycles. The van der Waals surface area contributed by atoms with Gasteiger partial charge in [-0.1, -0.05) is 0 Å². The zero-order valence-electron chi connectivity index (χ0n) is 11.3. The number of amides is 2. The summed E-state index contributed by atoms with van der Waals surface area (Å²) in [4.78, 5) is 25.0. The fourth-order valence-electron chi connectivity index (χ4n) is 2.20. The minimum Gasteiger partial charge on any atom is -0.325 e. The quantitative estimate of drug-likeness (QED) is 0.863. The van der Waals surface area contributed by atoms with Crippen LogP contribution in [0.4, 0.5) is 11.4 Å². The van der Waals surface area contributed by atoms with Gasteiger partial charge in [-0.05, 0) is 44.0 Å². The highest BCUT2D eigenvalue weighted by atomic mass is 16.2. The van der Waals surface area contributed by atoms with Crippen LogP contribution in [0.3, 0.4) is 0 Å². The minimum absolute atomic E-state index is 0.162. The van der Waals surface area contributed by atoms with E-state index >= 15 is 0 Å². The van der Waals surface area contributed by atoms with Crippen molar-refractivity contribution in [1.29, 1.82) is 0 Å². The molecule has 0 aliphatic carbocycles. The molecule has 19 heavy (non-hydrogen) atoms. The number of nitrogens with one attached hydrogen (secondary N) is 1. The molecule has 0 saturated carbocycles. The summed E-state index contributed by atoms with van der Waals surface area (Å²) < 4.78 is 0. The Bertz CT molecular complexity index is 511. The number of anilines is 2. The van der Waals surface area contributed by atoms with Crippen LogP contribution in [-0.4, -0.2) is 24.4 Å². The van der Waals surface area contributed by atoms with Gasteiger partial charge in [-0.25, -0.2) is 0 Å². The predicted molar refractivity (Wildman–Crippen MR) is 75.0 cm³/mol. The Balaban J connectivity index is 2.17. The van der Waals surface area contributed by atoms with Crippen LogP contribution in [0.1, 0.15) is 25.3 Å². The number of hydrogen-bond acceptors (Lipinski definition) is 3. The molecule has 1 aliphatic heterocycles. The van der Waals surface area contributed by atoms with Gasteiger partial charge in [-0.3, -0.25) is 9.59 Å². The number of rotatable bonds is 3. The smallest absolute Gasteiger partial charge is 0.240 e. The predicted octanol–water partition coefficient (Wildman–Crippen LogP) is 1.41. The van der Waals surface area contributed by atoms with Crippen LogP contribution in [0, 0.1) is 6.92 Å². The molecule has 1 fully saturated rings. The summed E-state index contributed by atoms with van der Waals surface area (Å²) >= 11 is 0. The fraction of sp³-hybridized carbons (Fsp3) is 0.429. The second-order valence-electron chi connectivity index (χ2n) is 4.93. The van der Waals surface area contributed by atoms with Gasteiger partial charge in [-0.2, -0.15) is 0 Å². The van der Waals surface area contributed by atoms with Gasteiger partial charge in [0.1, 0.15) is 0 Å². The standard InChI is InChI=1S/C14H19N3O2/c1-9-8-11(16-14(19)10(2)15)5-6-12(9)17-7-3-4-13(17)18/h5-6,8,10H,3-4,7,15H2,1-2H3,(H,16,19)/t10-/m0/s1. The maximum atomic E-state index is 11.7. The number of carbonyl (C=O) groups excluding carboxylic acids is 2. The number of aryl methyl sites for hydroxylation is 1. The Kier molecular flexibility index (Phi) is 3.85. The van der Waals surface area contributed by atoms with Gasteiger partial charge >= 0.3 is 0 Å². The number of benzene rings is 1. The highest BCUT2D eigenvalue weighted by Gasteiger charge is 2.23. The van der Waals surface area contributed by atoms with Crippen LogP contribution < -0.4 is 16.0 Å². The summed E-state index contributed by atoms with van der Waals surface area (Å²) in [5.41, 5.74) is 8.10. The van der Waals surface area contributed by atoms with Crippen molar-refractivity contribution in [3.8, 4) is 0 Å². The van der Waals surface area contributed by atoms with Gasteiger partial charge in [0.15, 0.2) is 0 Å². The summed E-state index contributed by atoms with van der Waals surface area (Å²) in [7, 11) is 0. The van der Waals surface area contributed by atoms with E-state index in [1.807, 2.05) is 19.1 Å². The van der Waals surface area contributed by atoms with Crippen molar-refractivity contribution in [3.05, 3.63) is 23.8 Å². The molecule has 2 rings (SSSR count). The van der Waals surface area contributed by atoms with E-state index in [0.717, 1.165) is 24.2 Å². The molecular weight excluding hydrogens is 242 g/mol. The van der Waals surface area contributed by atoms with E-state index in [0.29, 0.717) is 12.1 Å². The molecule has 5 nitrogen and oxygen atoms in total. The molecule has 1 aliphatic rings. The van der Waals surface area contributed by atoms with Crippen LogP contribution in [0.2, 0.25) is 0 Å². The Morgan fingerprint density at radius 2 is 2.21 bits per heavy atom. The molecule has 5 heteroatoms. The highest BCUT2D eigenvalue weighted by molar-refractivity contribution is 5.97. The third-order valence-corrected chi connectivity index (χ3v) is 3.24. The van der Waals surface area contributed by atoms with Crippen molar-refractivity contribution in [2.45, 2.75) is 32.7 Å². The lowest BCUT2D eigenvalue weighted by Gasteiger charge is -2.19. The molecular formula is C14H19N3O2. The molecule has 2 amide bonds. The van der Waals surface area contributed by atoms with Gasteiger partial charge in [0.2, 0.25) is 11.8 Å². The molecule has 0 spiro atoms. The van der Waals surface area contributed by atoms with E-state index < -0.39 is 6.04 Å².